The number of anilines is 1. The van der Waals surface area contributed by atoms with Gasteiger partial charge in [0.2, 0.25) is 5.82 Å². The summed E-state index contributed by atoms with van der Waals surface area (Å²) in [6.07, 6.45) is 0.558. The lowest BCUT2D eigenvalue weighted by molar-refractivity contribution is 0.101. The SMILES string of the molecule is CC(C)c1nc(C(=O)Nc2ccc3c(c2F)CCNC3)nn1-c1ccccc1F. The summed E-state index contributed by atoms with van der Waals surface area (Å²) in [4.78, 5) is 17.0. The second-order valence-corrected chi connectivity index (χ2v) is 7.26. The Kier molecular flexibility index (Phi) is 5.10. The zero-order valence-corrected chi connectivity index (χ0v) is 16.2. The maximum absolute atomic E-state index is 14.8. The van der Waals surface area contributed by atoms with Gasteiger partial charge < -0.3 is 10.6 Å². The molecule has 4 rings (SSSR count). The molecule has 6 nitrogen and oxygen atoms in total. The first-order valence-corrected chi connectivity index (χ1v) is 9.50. The summed E-state index contributed by atoms with van der Waals surface area (Å²) in [6.45, 7) is 5.04. The smallest absolute Gasteiger partial charge is 0.295 e. The average Bonchev–Trinajstić information content (AvgIpc) is 3.16. The van der Waals surface area contributed by atoms with Crippen molar-refractivity contribution in [2.75, 3.05) is 11.9 Å². The minimum absolute atomic E-state index is 0.0870. The third kappa shape index (κ3) is 3.63. The average molecular weight is 397 g/mol. The van der Waals surface area contributed by atoms with Crippen LogP contribution in [0, 0.1) is 11.6 Å². The normalized spacial score (nSPS) is 13.4. The van der Waals surface area contributed by atoms with Crippen molar-refractivity contribution in [3.05, 3.63) is 70.8 Å². The van der Waals surface area contributed by atoms with Gasteiger partial charge in [-0.1, -0.05) is 32.0 Å². The fourth-order valence-corrected chi connectivity index (χ4v) is 3.40. The summed E-state index contributed by atoms with van der Waals surface area (Å²) < 4.78 is 30.4. The van der Waals surface area contributed by atoms with Crippen molar-refractivity contribution in [1.82, 2.24) is 20.1 Å². The van der Waals surface area contributed by atoms with Crippen LogP contribution in [-0.4, -0.2) is 27.2 Å². The number of halogens is 2. The van der Waals surface area contributed by atoms with Crippen molar-refractivity contribution in [1.29, 1.82) is 0 Å². The van der Waals surface area contributed by atoms with Gasteiger partial charge in [-0.05, 0) is 42.3 Å². The maximum atomic E-state index is 14.8. The topological polar surface area (TPSA) is 71.8 Å². The molecule has 2 aromatic carbocycles. The van der Waals surface area contributed by atoms with Crippen molar-refractivity contribution >= 4 is 11.6 Å². The van der Waals surface area contributed by atoms with Gasteiger partial charge in [-0.2, -0.15) is 0 Å². The van der Waals surface area contributed by atoms with E-state index in [2.05, 4.69) is 20.7 Å². The molecule has 2 N–H and O–H groups in total. The van der Waals surface area contributed by atoms with Crippen LogP contribution < -0.4 is 10.6 Å². The molecule has 1 aromatic heterocycles. The molecule has 3 aromatic rings. The molecule has 0 aliphatic carbocycles. The van der Waals surface area contributed by atoms with Crippen LogP contribution in [-0.2, 0) is 13.0 Å². The largest absolute Gasteiger partial charge is 0.317 e. The van der Waals surface area contributed by atoms with Crippen LogP contribution in [0.1, 0.15) is 47.3 Å². The van der Waals surface area contributed by atoms with Gasteiger partial charge >= 0.3 is 0 Å². The lowest BCUT2D eigenvalue weighted by Gasteiger charge is -2.19. The lowest BCUT2D eigenvalue weighted by Crippen LogP contribution is -2.25. The molecule has 2 heterocycles. The number of nitrogens with one attached hydrogen (secondary N) is 2. The second-order valence-electron chi connectivity index (χ2n) is 7.26. The van der Waals surface area contributed by atoms with E-state index in [0.29, 0.717) is 30.9 Å². The highest BCUT2D eigenvalue weighted by Gasteiger charge is 2.23. The van der Waals surface area contributed by atoms with Crippen molar-refractivity contribution in [2.24, 2.45) is 0 Å². The Labute approximate surface area is 167 Å². The van der Waals surface area contributed by atoms with Gasteiger partial charge in [0, 0.05) is 12.5 Å². The summed E-state index contributed by atoms with van der Waals surface area (Å²) in [5.74, 6) is -1.35. The number of rotatable bonds is 4. The van der Waals surface area contributed by atoms with E-state index in [1.807, 2.05) is 13.8 Å². The Morgan fingerprint density at radius 1 is 1.21 bits per heavy atom. The molecule has 0 saturated heterocycles. The summed E-state index contributed by atoms with van der Waals surface area (Å²) in [6, 6.07) is 9.47. The lowest BCUT2D eigenvalue weighted by atomic mass is 9.99. The second kappa shape index (κ2) is 7.71. The fourth-order valence-electron chi connectivity index (χ4n) is 3.40. The number of fused-ring (bicyclic) bond motifs is 1. The molecule has 0 bridgehead atoms. The molecule has 150 valence electrons. The predicted octanol–water partition coefficient (Wildman–Crippen LogP) is 3.57. The number of nitrogens with zero attached hydrogens (tertiary/aromatic N) is 3. The number of amides is 1. The van der Waals surface area contributed by atoms with E-state index in [1.54, 1.807) is 24.3 Å². The van der Waals surface area contributed by atoms with Crippen LogP contribution in [0.3, 0.4) is 0 Å². The molecular weight excluding hydrogens is 376 g/mol. The Morgan fingerprint density at radius 3 is 2.76 bits per heavy atom. The molecule has 1 amide bonds. The van der Waals surface area contributed by atoms with E-state index < -0.39 is 17.5 Å². The summed E-state index contributed by atoms with van der Waals surface area (Å²) in [5, 5.41) is 9.94. The van der Waals surface area contributed by atoms with Gasteiger partial charge in [0.05, 0.1) is 5.69 Å². The van der Waals surface area contributed by atoms with Gasteiger partial charge in [0.15, 0.2) is 0 Å². The van der Waals surface area contributed by atoms with Crippen LogP contribution in [0.4, 0.5) is 14.5 Å². The highest BCUT2D eigenvalue weighted by atomic mass is 19.1. The molecule has 0 saturated carbocycles. The van der Waals surface area contributed by atoms with E-state index in [-0.39, 0.29) is 23.1 Å². The maximum Gasteiger partial charge on any atom is 0.295 e. The quantitative estimate of drug-likeness (QED) is 0.706. The van der Waals surface area contributed by atoms with Crippen molar-refractivity contribution in [3.8, 4) is 5.69 Å². The Bertz CT molecular complexity index is 1080. The molecule has 0 unspecified atom stereocenters. The van der Waals surface area contributed by atoms with Crippen LogP contribution in [0.5, 0.6) is 0 Å². The molecule has 1 aliphatic heterocycles. The van der Waals surface area contributed by atoms with Gasteiger partial charge in [-0.25, -0.2) is 18.4 Å². The van der Waals surface area contributed by atoms with E-state index in [1.165, 1.54) is 16.8 Å². The van der Waals surface area contributed by atoms with Crippen molar-refractivity contribution < 1.29 is 13.6 Å². The van der Waals surface area contributed by atoms with Crippen LogP contribution in [0.25, 0.3) is 5.69 Å². The Balaban J connectivity index is 1.66. The monoisotopic (exact) mass is 397 g/mol. The number of carbonyl (C=O) groups excluding carboxylic acids is 1. The van der Waals surface area contributed by atoms with E-state index in [0.717, 1.165) is 5.56 Å². The third-order valence-corrected chi connectivity index (χ3v) is 4.89. The molecule has 0 radical (unpaired) electrons. The highest BCUT2D eigenvalue weighted by Crippen LogP contribution is 2.25. The number of carbonyl (C=O) groups is 1. The van der Waals surface area contributed by atoms with Gasteiger partial charge in [0.25, 0.3) is 5.91 Å². The van der Waals surface area contributed by atoms with Crippen molar-refractivity contribution in [3.63, 3.8) is 0 Å². The zero-order chi connectivity index (χ0) is 20.5. The minimum Gasteiger partial charge on any atom is -0.317 e. The molecule has 0 fully saturated rings. The first-order valence-electron chi connectivity index (χ1n) is 9.50. The van der Waals surface area contributed by atoms with Gasteiger partial charge in [-0.3, -0.25) is 4.79 Å². The fraction of sp³-hybridized carbons (Fsp3) is 0.286. The Morgan fingerprint density at radius 2 is 2.00 bits per heavy atom. The number of benzene rings is 2. The molecule has 8 heteroatoms. The van der Waals surface area contributed by atoms with E-state index in [4.69, 9.17) is 0 Å². The first kappa shape index (κ1) is 19.2. The van der Waals surface area contributed by atoms with E-state index in [9.17, 15) is 13.6 Å². The molecule has 1 aliphatic rings. The van der Waals surface area contributed by atoms with Crippen LogP contribution >= 0.6 is 0 Å². The molecule has 29 heavy (non-hydrogen) atoms. The predicted molar refractivity (Wildman–Crippen MR) is 105 cm³/mol. The third-order valence-electron chi connectivity index (χ3n) is 4.89. The first-order chi connectivity index (χ1) is 14.0. The number of aromatic nitrogens is 3. The van der Waals surface area contributed by atoms with Crippen LogP contribution in [0.15, 0.2) is 36.4 Å². The highest BCUT2D eigenvalue weighted by molar-refractivity contribution is 6.01. The molecule has 0 atom stereocenters. The van der Waals surface area contributed by atoms with Crippen molar-refractivity contribution in [2.45, 2.75) is 32.7 Å². The van der Waals surface area contributed by atoms with E-state index >= 15 is 0 Å². The van der Waals surface area contributed by atoms with Crippen LogP contribution in [0.2, 0.25) is 0 Å². The molecular formula is C21H21F2N5O. The number of hydrogen-bond donors (Lipinski definition) is 2. The number of hydrogen-bond acceptors (Lipinski definition) is 4. The standard InChI is InChI=1S/C21H21F2N5O/c1-12(2)20-26-19(27-28(20)17-6-4-3-5-15(17)22)21(29)25-16-8-7-13-11-24-10-9-14(13)18(16)23/h3-8,12,24H,9-11H2,1-2H3,(H,25,29). The summed E-state index contributed by atoms with van der Waals surface area (Å²) in [7, 11) is 0. The summed E-state index contributed by atoms with van der Waals surface area (Å²) >= 11 is 0. The minimum atomic E-state index is -0.644. The van der Waals surface area contributed by atoms with Gasteiger partial charge in [-0.15, -0.1) is 5.10 Å². The Hall–Kier alpha value is -3.13. The van der Waals surface area contributed by atoms with Gasteiger partial charge in [0.1, 0.15) is 23.1 Å². The molecule has 0 spiro atoms. The summed E-state index contributed by atoms with van der Waals surface area (Å²) in [5.41, 5.74) is 1.78. The number of para-hydroxylation sites is 1. The zero-order valence-electron chi connectivity index (χ0n) is 16.2.